The highest BCUT2D eigenvalue weighted by Gasteiger charge is 2.27. The lowest BCUT2D eigenvalue weighted by atomic mass is 10.1. The van der Waals surface area contributed by atoms with Crippen LogP contribution in [0.4, 0.5) is 0 Å². The topological polar surface area (TPSA) is 90.7 Å². The van der Waals surface area contributed by atoms with Gasteiger partial charge in [-0.2, -0.15) is 4.98 Å². The number of aromatic nitrogens is 4. The molecule has 22 heavy (non-hydrogen) atoms. The summed E-state index contributed by atoms with van der Waals surface area (Å²) in [6.07, 6.45) is 4.06. The quantitative estimate of drug-likeness (QED) is 0.794. The zero-order valence-corrected chi connectivity index (χ0v) is 11.9. The minimum atomic E-state index is 0.419. The fourth-order valence-corrected chi connectivity index (χ4v) is 2.27. The summed E-state index contributed by atoms with van der Waals surface area (Å²) in [5.74, 6) is 2.32. The molecule has 0 saturated heterocycles. The Balaban J connectivity index is 1.64. The molecule has 0 aliphatic heterocycles. The first kappa shape index (κ1) is 13.1. The lowest BCUT2D eigenvalue weighted by Crippen LogP contribution is -1.95. The highest BCUT2D eigenvalue weighted by molar-refractivity contribution is 5.58. The van der Waals surface area contributed by atoms with Gasteiger partial charge in [0.25, 0.3) is 5.89 Å². The highest BCUT2D eigenvalue weighted by atomic mass is 16.5. The molecule has 6 heteroatoms. The fourth-order valence-electron chi connectivity index (χ4n) is 2.27. The molecule has 2 heterocycles. The summed E-state index contributed by atoms with van der Waals surface area (Å²) in [5.41, 5.74) is 8.23. The minimum absolute atomic E-state index is 0.419. The molecule has 0 spiro atoms. The fraction of sp³-hybridized carbons (Fsp3) is 0.250. The van der Waals surface area contributed by atoms with Crippen molar-refractivity contribution in [3.63, 3.8) is 0 Å². The first-order valence-electron chi connectivity index (χ1n) is 7.30. The molecule has 6 nitrogen and oxygen atoms in total. The number of benzene rings is 1. The molecule has 1 saturated carbocycles. The lowest BCUT2D eigenvalue weighted by molar-refractivity contribution is 0.430. The van der Waals surface area contributed by atoms with E-state index in [1.807, 2.05) is 24.3 Å². The predicted octanol–water partition coefficient (Wildman–Crippen LogP) is 2.53. The van der Waals surface area contributed by atoms with Crippen LogP contribution in [0.15, 0.2) is 41.1 Å². The van der Waals surface area contributed by atoms with Crippen LogP contribution in [-0.2, 0) is 6.54 Å². The predicted molar refractivity (Wildman–Crippen MR) is 80.6 cm³/mol. The number of rotatable bonds is 4. The molecule has 1 aromatic carbocycles. The van der Waals surface area contributed by atoms with E-state index in [1.165, 1.54) is 0 Å². The Morgan fingerprint density at radius 1 is 1.09 bits per heavy atom. The number of nitrogens with two attached hydrogens (primary N) is 1. The second-order valence-electron chi connectivity index (χ2n) is 5.40. The summed E-state index contributed by atoms with van der Waals surface area (Å²) < 4.78 is 5.34. The van der Waals surface area contributed by atoms with Crippen LogP contribution in [0, 0.1) is 0 Å². The van der Waals surface area contributed by atoms with Crippen molar-refractivity contribution in [2.24, 2.45) is 5.73 Å². The van der Waals surface area contributed by atoms with Crippen LogP contribution in [0.1, 0.15) is 30.1 Å². The molecular weight excluding hydrogens is 278 g/mol. The van der Waals surface area contributed by atoms with E-state index in [4.69, 9.17) is 10.3 Å². The summed E-state index contributed by atoms with van der Waals surface area (Å²) in [6.45, 7) is 0.517. The van der Waals surface area contributed by atoms with Crippen LogP contribution in [-0.4, -0.2) is 20.1 Å². The molecule has 2 N–H and O–H groups in total. The van der Waals surface area contributed by atoms with Crippen molar-refractivity contribution >= 4 is 0 Å². The third kappa shape index (κ3) is 2.48. The molecule has 4 rings (SSSR count). The maximum absolute atomic E-state index is 5.60. The zero-order chi connectivity index (χ0) is 14.9. The first-order valence-corrected chi connectivity index (χ1v) is 7.30. The van der Waals surface area contributed by atoms with Crippen LogP contribution in [0.25, 0.3) is 23.0 Å². The van der Waals surface area contributed by atoms with Crippen LogP contribution in [0.5, 0.6) is 0 Å². The number of hydrogen-bond acceptors (Lipinski definition) is 6. The Morgan fingerprint density at radius 3 is 2.64 bits per heavy atom. The summed E-state index contributed by atoms with van der Waals surface area (Å²) in [5, 5.41) is 4.03. The van der Waals surface area contributed by atoms with Gasteiger partial charge in [0.1, 0.15) is 11.5 Å². The second kappa shape index (κ2) is 5.31. The zero-order valence-electron chi connectivity index (χ0n) is 11.9. The van der Waals surface area contributed by atoms with Crippen LogP contribution in [0.3, 0.4) is 0 Å². The molecule has 0 atom stereocenters. The minimum Gasteiger partial charge on any atom is -0.332 e. The summed E-state index contributed by atoms with van der Waals surface area (Å²) in [6, 6.07) is 9.59. The van der Waals surface area contributed by atoms with E-state index in [9.17, 15) is 0 Å². The molecule has 0 bridgehead atoms. The average molecular weight is 293 g/mol. The summed E-state index contributed by atoms with van der Waals surface area (Å²) in [4.78, 5) is 13.2. The monoisotopic (exact) mass is 293 g/mol. The van der Waals surface area contributed by atoms with Crippen molar-refractivity contribution in [1.82, 2.24) is 20.1 Å². The van der Waals surface area contributed by atoms with Gasteiger partial charge in [0.05, 0.1) is 0 Å². The van der Waals surface area contributed by atoms with Gasteiger partial charge >= 0.3 is 0 Å². The van der Waals surface area contributed by atoms with Crippen molar-refractivity contribution < 1.29 is 4.52 Å². The maximum Gasteiger partial charge on any atom is 0.276 e. The van der Waals surface area contributed by atoms with E-state index < -0.39 is 0 Å². The van der Waals surface area contributed by atoms with E-state index in [-0.39, 0.29) is 0 Å². The lowest BCUT2D eigenvalue weighted by Gasteiger charge is -1.98. The van der Waals surface area contributed by atoms with Crippen molar-refractivity contribution in [3.05, 3.63) is 47.9 Å². The van der Waals surface area contributed by atoms with Crippen molar-refractivity contribution in [3.8, 4) is 23.0 Å². The third-order valence-corrected chi connectivity index (χ3v) is 3.71. The van der Waals surface area contributed by atoms with Gasteiger partial charge in [0.15, 0.2) is 0 Å². The highest BCUT2D eigenvalue weighted by Crippen LogP contribution is 2.38. The van der Waals surface area contributed by atoms with Gasteiger partial charge in [-0.25, -0.2) is 9.97 Å². The Morgan fingerprint density at radius 2 is 1.91 bits per heavy atom. The third-order valence-electron chi connectivity index (χ3n) is 3.71. The van der Waals surface area contributed by atoms with Gasteiger partial charge < -0.3 is 10.3 Å². The Hall–Kier alpha value is -2.60. The van der Waals surface area contributed by atoms with Gasteiger partial charge in [0.2, 0.25) is 5.82 Å². The summed E-state index contributed by atoms with van der Waals surface area (Å²) >= 11 is 0. The molecule has 110 valence electrons. The maximum atomic E-state index is 5.60. The molecule has 0 amide bonds. The molecule has 1 fully saturated rings. The summed E-state index contributed by atoms with van der Waals surface area (Å²) in [7, 11) is 0. The standard InChI is InChI=1S/C16H15N5O/c17-9-10-1-3-12(4-2-10)15-20-16(22-21-15)13-7-8-18-14(19-13)11-5-6-11/h1-4,7-8,11H,5-6,9,17H2. The van der Waals surface area contributed by atoms with Gasteiger partial charge in [-0.15, -0.1) is 0 Å². The number of hydrogen-bond donors (Lipinski definition) is 1. The Kier molecular flexibility index (Phi) is 3.16. The molecular formula is C16H15N5O. The van der Waals surface area contributed by atoms with E-state index in [1.54, 1.807) is 12.3 Å². The normalized spacial score (nSPS) is 14.2. The van der Waals surface area contributed by atoms with Gasteiger partial charge in [-0.3, -0.25) is 0 Å². The Bertz CT molecular complexity index is 792. The van der Waals surface area contributed by atoms with Crippen LogP contribution >= 0.6 is 0 Å². The van der Waals surface area contributed by atoms with E-state index in [0.29, 0.717) is 29.9 Å². The molecule has 0 unspecified atom stereocenters. The van der Waals surface area contributed by atoms with Crippen molar-refractivity contribution in [1.29, 1.82) is 0 Å². The van der Waals surface area contributed by atoms with E-state index >= 15 is 0 Å². The smallest absolute Gasteiger partial charge is 0.276 e. The van der Waals surface area contributed by atoms with Crippen LogP contribution in [0.2, 0.25) is 0 Å². The van der Waals surface area contributed by atoms with Crippen molar-refractivity contribution in [2.45, 2.75) is 25.3 Å². The first-order chi connectivity index (χ1) is 10.8. The largest absolute Gasteiger partial charge is 0.332 e. The molecule has 2 aromatic heterocycles. The van der Waals surface area contributed by atoms with Crippen molar-refractivity contribution in [2.75, 3.05) is 0 Å². The average Bonchev–Trinajstić information content (AvgIpc) is 3.32. The second-order valence-corrected chi connectivity index (χ2v) is 5.40. The van der Waals surface area contributed by atoms with Gasteiger partial charge in [-0.1, -0.05) is 29.4 Å². The number of nitrogens with zero attached hydrogens (tertiary/aromatic N) is 4. The Labute approximate surface area is 127 Å². The van der Waals surface area contributed by atoms with Gasteiger partial charge in [-0.05, 0) is 24.5 Å². The molecule has 1 aliphatic carbocycles. The van der Waals surface area contributed by atoms with E-state index in [0.717, 1.165) is 29.8 Å². The van der Waals surface area contributed by atoms with E-state index in [2.05, 4.69) is 20.1 Å². The molecule has 3 aromatic rings. The van der Waals surface area contributed by atoms with Gasteiger partial charge in [0, 0.05) is 24.2 Å². The SMILES string of the molecule is NCc1ccc(-c2noc(-c3ccnc(C4CC4)n3)n2)cc1. The molecule has 0 radical (unpaired) electrons. The van der Waals surface area contributed by atoms with Crippen LogP contribution < -0.4 is 5.73 Å². The molecule has 1 aliphatic rings.